The van der Waals surface area contributed by atoms with Crippen LogP contribution in [0.4, 0.5) is 0 Å². The van der Waals surface area contributed by atoms with Gasteiger partial charge < -0.3 is 10.4 Å². The van der Waals surface area contributed by atoms with Crippen molar-refractivity contribution in [3.05, 3.63) is 0 Å². The van der Waals surface area contributed by atoms with Crippen LogP contribution >= 0.6 is 12.4 Å². The molecule has 2 saturated heterocycles. The quantitative estimate of drug-likeness (QED) is 0.577. The highest BCUT2D eigenvalue weighted by molar-refractivity contribution is 5.85. The first-order chi connectivity index (χ1) is 4.29. The van der Waals surface area contributed by atoms with E-state index in [1.165, 1.54) is 0 Å². The van der Waals surface area contributed by atoms with Crippen molar-refractivity contribution in [3.8, 4) is 0 Å². The molecular formula is C6H10ClNO2. The van der Waals surface area contributed by atoms with Gasteiger partial charge in [0.1, 0.15) is 0 Å². The van der Waals surface area contributed by atoms with E-state index in [4.69, 9.17) is 5.11 Å². The summed E-state index contributed by atoms with van der Waals surface area (Å²) in [5.41, 5.74) is 0. The van der Waals surface area contributed by atoms with E-state index >= 15 is 0 Å². The number of hydrogen-bond acceptors (Lipinski definition) is 2. The van der Waals surface area contributed by atoms with Gasteiger partial charge in [0.05, 0.1) is 5.92 Å². The monoisotopic (exact) mass is 163 g/mol. The van der Waals surface area contributed by atoms with E-state index in [1.807, 2.05) is 0 Å². The Balaban J connectivity index is 0.000000500. The summed E-state index contributed by atoms with van der Waals surface area (Å²) in [4.78, 5) is 10.4. The number of carboxylic acid groups (broad SMARTS) is 1. The summed E-state index contributed by atoms with van der Waals surface area (Å²) < 4.78 is 0. The number of hydrogen-bond donors (Lipinski definition) is 2. The topological polar surface area (TPSA) is 49.3 Å². The van der Waals surface area contributed by atoms with Crippen molar-refractivity contribution >= 4 is 18.4 Å². The molecule has 4 heteroatoms. The molecule has 3 fully saturated rings. The van der Waals surface area contributed by atoms with Crippen LogP contribution in [0.25, 0.3) is 0 Å². The Morgan fingerprint density at radius 1 is 1.60 bits per heavy atom. The SMILES string of the molecule is Cl.O=C(O)C1C2CNC1C2. The zero-order chi connectivity index (χ0) is 6.43. The van der Waals surface area contributed by atoms with E-state index in [-0.39, 0.29) is 18.3 Å². The Bertz CT molecular complexity index is 148. The molecule has 0 aromatic heterocycles. The minimum Gasteiger partial charge on any atom is -0.481 e. The summed E-state index contributed by atoms with van der Waals surface area (Å²) in [6.07, 6.45) is 1.08. The third-order valence-electron chi connectivity index (χ3n) is 2.43. The highest BCUT2D eigenvalue weighted by atomic mass is 35.5. The van der Waals surface area contributed by atoms with Gasteiger partial charge in [0, 0.05) is 6.04 Å². The number of aliphatic carboxylic acids is 1. The van der Waals surface area contributed by atoms with Gasteiger partial charge in [-0.3, -0.25) is 4.79 Å². The molecule has 3 unspecified atom stereocenters. The van der Waals surface area contributed by atoms with Crippen molar-refractivity contribution in [2.45, 2.75) is 12.5 Å². The average Bonchev–Trinajstić information content (AvgIpc) is 2.13. The van der Waals surface area contributed by atoms with Gasteiger partial charge in [0.2, 0.25) is 0 Å². The average molecular weight is 164 g/mol. The standard InChI is InChI=1S/C6H9NO2.ClH/c8-6(9)5-3-1-4(5)7-2-3;/h3-5,7H,1-2H2,(H,8,9);1H. The number of nitrogens with one attached hydrogen (secondary N) is 1. The molecular weight excluding hydrogens is 154 g/mol. The van der Waals surface area contributed by atoms with Crippen LogP contribution in [0.15, 0.2) is 0 Å². The van der Waals surface area contributed by atoms with Crippen LogP contribution in [0, 0.1) is 11.8 Å². The lowest BCUT2D eigenvalue weighted by atomic mass is 9.74. The molecule has 0 radical (unpaired) electrons. The summed E-state index contributed by atoms with van der Waals surface area (Å²) in [6.45, 7) is 0.918. The number of carbonyl (C=O) groups is 1. The number of carboxylic acids is 1. The molecule has 0 amide bonds. The highest BCUT2D eigenvalue weighted by Gasteiger charge is 2.50. The molecule has 10 heavy (non-hydrogen) atoms. The van der Waals surface area contributed by atoms with Crippen molar-refractivity contribution in [2.24, 2.45) is 11.8 Å². The highest BCUT2D eigenvalue weighted by Crippen LogP contribution is 2.39. The van der Waals surface area contributed by atoms with Crippen molar-refractivity contribution in [2.75, 3.05) is 6.54 Å². The van der Waals surface area contributed by atoms with Crippen molar-refractivity contribution in [1.82, 2.24) is 5.32 Å². The minimum absolute atomic E-state index is 0. The Kier molecular flexibility index (Phi) is 1.88. The molecule has 0 aromatic carbocycles. The van der Waals surface area contributed by atoms with Gasteiger partial charge in [0.15, 0.2) is 0 Å². The van der Waals surface area contributed by atoms with E-state index < -0.39 is 5.97 Å². The van der Waals surface area contributed by atoms with E-state index in [2.05, 4.69) is 5.32 Å². The molecule has 2 bridgehead atoms. The van der Waals surface area contributed by atoms with Crippen molar-refractivity contribution < 1.29 is 9.90 Å². The zero-order valence-electron chi connectivity index (χ0n) is 5.41. The molecule has 3 nitrogen and oxygen atoms in total. The molecule has 2 aliphatic heterocycles. The van der Waals surface area contributed by atoms with E-state index in [0.717, 1.165) is 13.0 Å². The van der Waals surface area contributed by atoms with Gasteiger partial charge in [-0.15, -0.1) is 12.4 Å². The second-order valence-electron chi connectivity index (χ2n) is 2.87. The maximum atomic E-state index is 10.4. The molecule has 1 saturated carbocycles. The molecule has 2 heterocycles. The second-order valence-corrected chi connectivity index (χ2v) is 2.87. The summed E-state index contributed by atoms with van der Waals surface area (Å²) in [6, 6.07) is 0.299. The maximum Gasteiger partial charge on any atom is 0.308 e. The lowest BCUT2D eigenvalue weighted by Gasteiger charge is -2.30. The van der Waals surface area contributed by atoms with Crippen LogP contribution in [0.5, 0.6) is 0 Å². The lowest BCUT2D eigenvalue weighted by Crippen LogP contribution is -2.42. The van der Waals surface area contributed by atoms with Gasteiger partial charge >= 0.3 is 5.97 Å². The van der Waals surface area contributed by atoms with Gasteiger partial charge in [-0.05, 0) is 18.9 Å². The van der Waals surface area contributed by atoms with Gasteiger partial charge in [-0.2, -0.15) is 0 Å². The summed E-state index contributed by atoms with van der Waals surface area (Å²) in [7, 11) is 0. The third kappa shape index (κ3) is 0.812. The van der Waals surface area contributed by atoms with Crippen molar-refractivity contribution in [1.29, 1.82) is 0 Å². The lowest BCUT2D eigenvalue weighted by molar-refractivity contribution is -0.146. The normalized spacial score (nSPS) is 41.8. The fourth-order valence-corrected chi connectivity index (χ4v) is 1.85. The van der Waals surface area contributed by atoms with Crippen LogP contribution < -0.4 is 5.32 Å². The van der Waals surface area contributed by atoms with Gasteiger partial charge in [-0.1, -0.05) is 0 Å². The maximum absolute atomic E-state index is 10.4. The fourth-order valence-electron chi connectivity index (χ4n) is 1.85. The van der Waals surface area contributed by atoms with Gasteiger partial charge in [0.25, 0.3) is 0 Å². The van der Waals surface area contributed by atoms with E-state index in [9.17, 15) is 4.79 Å². The summed E-state index contributed by atoms with van der Waals surface area (Å²) in [5.74, 6) is -0.251. The van der Waals surface area contributed by atoms with Crippen LogP contribution in [0.3, 0.4) is 0 Å². The van der Waals surface area contributed by atoms with Crippen LogP contribution in [-0.4, -0.2) is 23.7 Å². The molecule has 1 aliphatic carbocycles. The molecule has 3 atom stereocenters. The van der Waals surface area contributed by atoms with E-state index in [1.54, 1.807) is 0 Å². The number of fused-ring (bicyclic) bond motifs is 1. The van der Waals surface area contributed by atoms with Crippen LogP contribution in [0.2, 0.25) is 0 Å². The molecule has 2 N–H and O–H groups in total. The Morgan fingerprint density at radius 2 is 2.30 bits per heavy atom. The minimum atomic E-state index is -0.624. The first kappa shape index (κ1) is 7.82. The van der Waals surface area contributed by atoms with Crippen LogP contribution in [0.1, 0.15) is 6.42 Å². The smallest absolute Gasteiger partial charge is 0.308 e. The largest absolute Gasteiger partial charge is 0.481 e. The van der Waals surface area contributed by atoms with Crippen LogP contribution in [-0.2, 0) is 4.79 Å². The third-order valence-corrected chi connectivity index (χ3v) is 2.43. The summed E-state index contributed by atoms with van der Waals surface area (Å²) >= 11 is 0. The fraction of sp³-hybridized carbons (Fsp3) is 0.833. The first-order valence-electron chi connectivity index (χ1n) is 3.25. The summed E-state index contributed by atoms with van der Waals surface area (Å²) in [5, 5.41) is 11.7. The zero-order valence-corrected chi connectivity index (χ0v) is 6.23. The predicted molar refractivity (Wildman–Crippen MR) is 38.3 cm³/mol. The number of rotatable bonds is 1. The first-order valence-corrected chi connectivity index (χ1v) is 3.25. The molecule has 3 rings (SSSR count). The second kappa shape index (κ2) is 2.40. The molecule has 3 aliphatic rings. The molecule has 0 spiro atoms. The Labute approximate surface area is 65.2 Å². The Hall–Kier alpha value is -0.280. The molecule has 0 aromatic rings. The predicted octanol–water partition coefficient (Wildman–Crippen LogP) is 0.101. The molecule has 58 valence electrons. The number of halogens is 1. The van der Waals surface area contributed by atoms with Gasteiger partial charge in [-0.25, -0.2) is 0 Å². The van der Waals surface area contributed by atoms with E-state index in [0.29, 0.717) is 12.0 Å². The Morgan fingerprint density at radius 3 is 2.50 bits per heavy atom. The van der Waals surface area contributed by atoms with Crippen molar-refractivity contribution in [3.63, 3.8) is 0 Å².